The number of halogens is 6. The van der Waals surface area contributed by atoms with Crippen LogP contribution in [0.1, 0.15) is 22.3 Å². The van der Waals surface area contributed by atoms with Gasteiger partial charge in [0.15, 0.2) is 0 Å². The van der Waals surface area contributed by atoms with Gasteiger partial charge in [-0.3, -0.25) is 0 Å². The molecule has 1 nitrogen and oxygen atoms in total. The molecular formula is C11H9F6N. The third-order valence-electron chi connectivity index (χ3n) is 2.95. The van der Waals surface area contributed by atoms with Gasteiger partial charge in [0.25, 0.3) is 0 Å². The van der Waals surface area contributed by atoms with Crippen molar-refractivity contribution in [3.63, 3.8) is 0 Å². The SMILES string of the molecule is NC1Cc2ccc(C(F)(F)F)c(C(F)(F)F)c2C1. The number of nitrogens with two attached hydrogens (primary N) is 1. The fourth-order valence-electron chi connectivity index (χ4n) is 2.29. The van der Waals surface area contributed by atoms with Crippen molar-refractivity contribution in [1.29, 1.82) is 0 Å². The predicted octanol–water partition coefficient (Wildman–Crippen LogP) is 3.15. The van der Waals surface area contributed by atoms with Gasteiger partial charge in [-0.1, -0.05) is 6.07 Å². The number of rotatable bonds is 0. The van der Waals surface area contributed by atoms with Gasteiger partial charge in [0, 0.05) is 6.04 Å². The molecule has 0 fully saturated rings. The number of benzene rings is 1. The van der Waals surface area contributed by atoms with E-state index in [9.17, 15) is 26.3 Å². The first-order valence-electron chi connectivity index (χ1n) is 5.15. The van der Waals surface area contributed by atoms with E-state index in [1.807, 2.05) is 0 Å². The van der Waals surface area contributed by atoms with Crippen molar-refractivity contribution in [1.82, 2.24) is 0 Å². The van der Waals surface area contributed by atoms with Crippen molar-refractivity contribution in [3.8, 4) is 0 Å². The van der Waals surface area contributed by atoms with Crippen molar-refractivity contribution in [2.75, 3.05) is 0 Å². The molecule has 1 aliphatic rings. The van der Waals surface area contributed by atoms with Gasteiger partial charge in [-0.2, -0.15) is 26.3 Å². The van der Waals surface area contributed by atoms with Crippen LogP contribution in [-0.4, -0.2) is 6.04 Å². The van der Waals surface area contributed by atoms with E-state index in [0.717, 1.165) is 6.07 Å². The Morgan fingerprint density at radius 2 is 1.56 bits per heavy atom. The van der Waals surface area contributed by atoms with E-state index in [1.165, 1.54) is 0 Å². The van der Waals surface area contributed by atoms with E-state index in [0.29, 0.717) is 6.07 Å². The summed E-state index contributed by atoms with van der Waals surface area (Å²) in [6.07, 6.45) is -10.0. The lowest BCUT2D eigenvalue weighted by atomic mass is 9.96. The molecule has 0 bridgehead atoms. The summed E-state index contributed by atoms with van der Waals surface area (Å²) in [5.74, 6) is 0. The molecule has 0 aliphatic heterocycles. The van der Waals surface area contributed by atoms with Crippen LogP contribution in [0.15, 0.2) is 12.1 Å². The molecule has 100 valence electrons. The van der Waals surface area contributed by atoms with E-state index in [-0.39, 0.29) is 24.0 Å². The van der Waals surface area contributed by atoms with Gasteiger partial charge in [0.05, 0.1) is 11.1 Å². The molecule has 0 spiro atoms. The Bertz CT molecular complexity index is 474. The fourth-order valence-corrected chi connectivity index (χ4v) is 2.29. The van der Waals surface area contributed by atoms with E-state index < -0.39 is 29.5 Å². The molecule has 0 aromatic heterocycles. The third kappa shape index (κ3) is 2.19. The second kappa shape index (κ2) is 3.88. The molecule has 0 heterocycles. The molecule has 1 aromatic carbocycles. The first-order chi connectivity index (χ1) is 8.10. The number of hydrogen-bond donors (Lipinski definition) is 1. The highest BCUT2D eigenvalue weighted by Gasteiger charge is 2.46. The first kappa shape index (κ1) is 13.2. The number of fused-ring (bicyclic) bond motifs is 1. The maximum atomic E-state index is 12.8. The normalized spacial score (nSPS) is 20.1. The molecule has 0 amide bonds. The van der Waals surface area contributed by atoms with Crippen molar-refractivity contribution >= 4 is 0 Å². The molecule has 1 aromatic rings. The lowest BCUT2D eigenvalue weighted by molar-refractivity contribution is -0.162. The summed E-state index contributed by atoms with van der Waals surface area (Å²) in [6.45, 7) is 0. The maximum absolute atomic E-state index is 12.8. The van der Waals surface area contributed by atoms with Crippen molar-refractivity contribution < 1.29 is 26.3 Å². The Balaban J connectivity index is 2.69. The minimum atomic E-state index is -5.03. The van der Waals surface area contributed by atoms with Gasteiger partial charge >= 0.3 is 12.4 Å². The van der Waals surface area contributed by atoms with Crippen LogP contribution in [0.25, 0.3) is 0 Å². The lowest BCUT2D eigenvalue weighted by Gasteiger charge is -2.18. The van der Waals surface area contributed by atoms with Gasteiger partial charge in [-0.05, 0) is 30.0 Å². The molecule has 2 N–H and O–H groups in total. The average molecular weight is 269 g/mol. The molecule has 7 heteroatoms. The van der Waals surface area contributed by atoms with E-state index in [2.05, 4.69) is 0 Å². The standard InChI is InChI=1S/C11H9F6N/c12-10(13,14)8-2-1-5-3-6(18)4-7(5)9(8)11(15,16)17/h1-2,6H,3-4,18H2. The zero-order chi connectivity index (χ0) is 13.7. The topological polar surface area (TPSA) is 26.0 Å². The van der Waals surface area contributed by atoms with Crippen LogP contribution in [0.2, 0.25) is 0 Å². The zero-order valence-corrected chi connectivity index (χ0v) is 8.99. The number of hydrogen-bond acceptors (Lipinski definition) is 1. The van der Waals surface area contributed by atoms with Crippen LogP contribution in [0.4, 0.5) is 26.3 Å². The largest absolute Gasteiger partial charge is 0.417 e. The van der Waals surface area contributed by atoms with E-state index >= 15 is 0 Å². The van der Waals surface area contributed by atoms with Crippen LogP contribution in [0.5, 0.6) is 0 Å². The molecule has 1 aliphatic carbocycles. The summed E-state index contributed by atoms with van der Waals surface area (Å²) in [5.41, 5.74) is 2.23. The second-order valence-corrected chi connectivity index (χ2v) is 4.29. The molecule has 0 saturated heterocycles. The van der Waals surface area contributed by atoms with Crippen LogP contribution in [-0.2, 0) is 25.2 Å². The Kier molecular flexibility index (Phi) is 2.84. The summed E-state index contributed by atoms with van der Waals surface area (Å²) >= 11 is 0. The third-order valence-corrected chi connectivity index (χ3v) is 2.95. The highest BCUT2D eigenvalue weighted by atomic mass is 19.4. The quantitative estimate of drug-likeness (QED) is 0.719. The fraction of sp³-hybridized carbons (Fsp3) is 0.455. The maximum Gasteiger partial charge on any atom is 0.417 e. The minimum Gasteiger partial charge on any atom is -0.327 e. The summed E-state index contributed by atoms with van der Waals surface area (Å²) in [5, 5.41) is 0. The summed E-state index contributed by atoms with van der Waals surface area (Å²) < 4.78 is 76.3. The average Bonchev–Trinajstić information content (AvgIpc) is 2.52. The van der Waals surface area contributed by atoms with Crippen LogP contribution >= 0.6 is 0 Å². The molecule has 0 radical (unpaired) electrons. The predicted molar refractivity (Wildman–Crippen MR) is 51.8 cm³/mol. The monoisotopic (exact) mass is 269 g/mol. The molecule has 18 heavy (non-hydrogen) atoms. The highest BCUT2D eigenvalue weighted by molar-refractivity contribution is 5.47. The highest BCUT2D eigenvalue weighted by Crippen LogP contribution is 2.44. The Morgan fingerprint density at radius 1 is 0.944 bits per heavy atom. The molecular weight excluding hydrogens is 260 g/mol. The second-order valence-electron chi connectivity index (χ2n) is 4.29. The van der Waals surface area contributed by atoms with Crippen LogP contribution in [0, 0.1) is 0 Å². The zero-order valence-electron chi connectivity index (χ0n) is 8.99. The Labute approximate surface area is 98.6 Å². The summed E-state index contributed by atoms with van der Waals surface area (Å²) in [4.78, 5) is 0. The minimum absolute atomic E-state index is 0.173. The van der Waals surface area contributed by atoms with Crippen molar-refractivity contribution in [2.45, 2.75) is 31.2 Å². The van der Waals surface area contributed by atoms with E-state index in [4.69, 9.17) is 5.73 Å². The van der Waals surface area contributed by atoms with E-state index in [1.54, 1.807) is 0 Å². The first-order valence-corrected chi connectivity index (χ1v) is 5.15. The lowest BCUT2D eigenvalue weighted by Crippen LogP contribution is -2.21. The smallest absolute Gasteiger partial charge is 0.327 e. The van der Waals surface area contributed by atoms with Crippen LogP contribution in [0.3, 0.4) is 0 Å². The number of alkyl halides is 6. The molecule has 1 unspecified atom stereocenters. The van der Waals surface area contributed by atoms with Gasteiger partial charge in [-0.15, -0.1) is 0 Å². The molecule has 0 saturated carbocycles. The van der Waals surface area contributed by atoms with Crippen LogP contribution < -0.4 is 5.73 Å². The van der Waals surface area contributed by atoms with Gasteiger partial charge in [-0.25, -0.2) is 0 Å². The summed E-state index contributed by atoms with van der Waals surface area (Å²) in [7, 11) is 0. The Hall–Kier alpha value is -1.24. The van der Waals surface area contributed by atoms with Crippen molar-refractivity contribution in [2.24, 2.45) is 5.73 Å². The van der Waals surface area contributed by atoms with Gasteiger partial charge in [0.1, 0.15) is 0 Å². The van der Waals surface area contributed by atoms with Crippen molar-refractivity contribution in [3.05, 3.63) is 34.4 Å². The molecule has 2 rings (SSSR count). The molecule has 1 atom stereocenters. The van der Waals surface area contributed by atoms with Gasteiger partial charge < -0.3 is 5.73 Å². The Morgan fingerprint density at radius 3 is 2.06 bits per heavy atom. The summed E-state index contributed by atoms with van der Waals surface area (Å²) in [6, 6.07) is 1.02. The van der Waals surface area contributed by atoms with Gasteiger partial charge in [0.2, 0.25) is 0 Å².